The molecule has 0 fully saturated rings. The molecule has 1 aliphatic rings. The molecular formula is C19H23NO. The molecule has 2 heteroatoms. The van der Waals surface area contributed by atoms with Crippen molar-refractivity contribution in [2.75, 3.05) is 12.4 Å². The lowest BCUT2D eigenvalue weighted by molar-refractivity contribution is 0.414. The molecule has 0 bridgehead atoms. The molecule has 0 aromatic heterocycles. The summed E-state index contributed by atoms with van der Waals surface area (Å²) in [5, 5.41) is 3.56. The molecule has 0 atom stereocenters. The zero-order valence-corrected chi connectivity index (χ0v) is 13.4. The van der Waals surface area contributed by atoms with Gasteiger partial charge in [-0.05, 0) is 34.7 Å². The van der Waals surface area contributed by atoms with Crippen LogP contribution in [0.25, 0.3) is 0 Å². The molecule has 3 rings (SSSR count). The summed E-state index contributed by atoms with van der Waals surface area (Å²) in [6.07, 6.45) is 0. The lowest BCUT2D eigenvalue weighted by atomic mass is 9.73. The minimum atomic E-state index is -0.00686. The molecule has 0 spiro atoms. The van der Waals surface area contributed by atoms with E-state index >= 15 is 0 Å². The fourth-order valence-corrected chi connectivity index (χ4v) is 3.14. The van der Waals surface area contributed by atoms with Crippen LogP contribution in [0.5, 0.6) is 5.75 Å². The van der Waals surface area contributed by atoms with E-state index in [0.717, 1.165) is 11.4 Å². The van der Waals surface area contributed by atoms with E-state index < -0.39 is 0 Å². The van der Waals surface area contributed by atoms with E-state index in [9.17, 15) is 0 Å². The van der Waals surface area contributed by atoms with Gasteiger partial charge in [-0.3, -0.25) is 0 Å². The number of ether oxygens (including phenoxy) is 1. The van der Waals surface area contributed by atoms with Crippen LogP contribution in [-0.2, 0) is 5.41 Å². The Labute approximate surface area is 127 Å². The molecule has 0 radical (unpaired) electrons. The second kappa shape index (κ2) is 4.80. The van der Waals surface area contributed by atoms with Crippen molar-refractivity contribution in [3.05, 3.63) is 53.1 Å². The zero-order valence-electron chi connectivity index (χ0n) is 13.4. The highest BCUT2D eigenvalue weighted by molar-refractivity contribution is 5.76. The molecule has 0 aliphatic carbocycles. The van der Waals surface area contributed by atoms with Gasteiger partial charge in [-0.2, -0.15) is 0 Å². The Morgan fingerprint density at radius 1 is 0.952 bits per heavy atom. The third-order valence-electron chi connectivity index (χ3n) is 4.55. The monoisotopic (exact) mass is 281 g/mol. The molecule has 2 aromatic rings. The van der Waals surface area contributed by atoms with E-state index in [2.05, 4.69) is 63.3 Å². The fraction of sp³-hybridized carbons (Fsp3) is 0.368. The standard InChI is InChI=1S/C19H23NO/c1-12(2)13-6-9-17-16(10-13)19(3,4)15-8-7-14(21-5)11-18(15)20-17/h6-12,20H,1-5H3. The smallest absolute Gasteiger partial charge is 0.120 e. The first-order chi connectivity index (χ1) is 9.93. The summed E-state index contributed by atoms with van der Waals surface area (Å²) in [5.41, 5.74) is 6.41. The summed E-state index contributed by atoms with van der Waals surface area (Å²) in [6, 6.07) is 13.1. The predicted octanol–water partition coefficient (Wildman–Crippen LogP) is 5.20. The quantitative estimate of drug-likeness (QED) is 0.816. The number of nitrogens with one attached hydrogen (secondary N) is 1. The number of benzene rings is 2. The number of anilines is 2. The van der Waals surface area contributed by atoms with E-state index in [0.29, 0.717) is 5.92 Å². The first-order valence-electron chi connectivity index (χ1n) is 7.53. The molecule has 110 valence electrons. The fourth-order valence-electron chi connectivity index (χ4n) is 3.14. The van der Waals surface area contributed by atoms with Gasteiger partial charge in [-0.15, -0.1) is 0 Å². The Morgan fingerprint density at radius 3 is 2.38 bits per heavy atom. The van der Waals surface area contributed by atoms with Gasteiger partial charge in [-0.25, -0.2) is 0 Å². The Hall–Kier alpha value is -1.96. The van der Waals surface area contributed by atoms with Crippen LogP contribution in [0.1, 0.15) is 50.3 Å². The van der Waals surface area contributed by atoms with Crippen molar-refractivity contribution < 1.29 is 4.74 Å². The van der Waals surface area contributed by atoms with Crippen molar-refractivity contribution in [2.45, 2.75) is 39.0 Å². The summed E-state index contributed by atoms with van der Waals surface area (Å²) >= 11 is 0. The molecule has 0 amide bonds. The highest BCUT2D eigenvalue weighted by Gasteiger charge is 2.33. The molecular weight excluding hydrogens is 258 g/mol. The van der Waals surface area contributed by atoms with Gasteiger partial charge in [0.05, 0.1) is 7.11 Å². The number of methoxy groups -OCH3 is 1. The Kier molecular flexibility index (Phi) is 3.20. The van der Waals surface area contributed by atoms with Crippen molar-refractivity contribution in [3.8, 4) is 5.75 Å². The van der Waals surface area contributed by atoms with Crippen LogP contribution < -0.4 is 10.1 Å². The molecule has 1 aliphatic heterocycles. The van der Waals surface area contributed by atoms with Gasteiger partial charge < -0.3 is 10.1 Å². The number of hydrogen-bond donors (Lipinski definition) is 1. The highest BCUT2D eigenvalue weighted by Crippen LogP contribution is 2.46. The van der Waals surface area contributed by atoms with Gasteiger partial charge in [0.1, 0.15) is 5.75 Å². The normalized spacial score (nSPS) is 15.1. The minimum Gasteiger partial charge on any atom is -0.497 e. The van der Waals surface area contributed by atoms with E-state index in [4.69, 9.17) is 4.74 Å². The van der Waals surface area contributed by atoms with Crippen molar-refractivity contribution in [2.24, 2.45) is 0 Å². The second-order valence-electron chi connectivity index (χ2n) is 6.62. The van der Waals surface area contributed by atoms with Crippen molar-refractivity contribution in [1.82, 2.24) is 0 Å². The Bertz CT molecular complexity index is 686. The topological polar surface area (TPSA) is 21.3 Å². The summed E-state index contributed by atoms with van der Waals surface area (Å²) in [4.78, 5) is 0. The van der Waals surface area contributed by atoms with Crippen molar-refractivity contribution >= 4 is 11.4 Å². The van der Waals surface area contributed by atoms with E-state index in [-0.39, 0.29) is 5.41 Å². The van der Waals surface area contributed by atoms with Gasteiger partial charge >= 0.3 is 0 Å². The van der Waals surface area contributed by atoms with E-state index in [1.807, 2.05) is 6.07 Å². The molecule has 0 saturated heterocycles. The maximum absolute atomic E-state index is 5.35. The predicted molar refractivity (Wildman–Crippen MR) is 88.9 cm³/mol. The van der Waals surface area contributed by atoms with Gasteiger partial charge in [0.25, 0.3) is 0 Å². The van der Waals surface area contributed by atoms with E-state index in [1.54, 1.807) is 7.11 Å². The molecule has 2 nitrogen and oxygen atoms in total. The highest BCUT2D eigenvalue weighted by atomic mass is 16.5. The number of fused-ring (bicyclic) bond motifs is 2. The molecule has 2 aromatic carbocycles. The third kappa shape index (κ3) is 2.19. The summed E-state index contributed by atoms with van der Waals surface area (Å²) < 4.78 is 5.35. The van der Waals surface area contributed by atoms with Crippen LogP contribution in [0.15, 0.2) is 36.4 Å². The number of hydrogen-bond acceptors (Lipinski definition) is 2. The largest absolute Gasteiger partial charge is 0.497 e. The summed E-state index contributed by atoms with van der Waals surface area (Å²) in [5.74, 6) is 1.43. The molecule has 1 N–H and O–H groups in total. The number of rotatable bonds is 2. The Balaban J connectivity index is 2.16. The van der Waals surface area contributed by atoms with Gasteiger partial charge in [0, 0.05) is 22.9 Å². The first kappa shape index (κ1) is 14.0. The molecule has 21 heavy (non-hydrogen) atoms. The molecule has 1 heterocycles. The van der Waals surface area contributed by atoms with Gasteiger partial charge in [0.2, 0.25) is 0 Å². The van der Waals surface area contributed by atoms with Crippen molar-refractivity contribution in [3.63, 3.8) is 0 Å². The van der Waals surface area contributed by atoms with E-state index in [1.165, 1.54) is 22.4 Å². The van der Waals surface area contributed by atoms with Crippen LogP contribution in [0.4, 0.5) is 11.4 Å². The Morgan fingerprint density at radius 2 is 1.71 bits per heavy atom. The van der Waals surface area contributed by atoms with Crippen LogP contribution in [0.3, 0.4) is 0 Å². The van der Waals surface area contributed by atoms with Crippen LogP contribution in [0, 0.1) is 0 Å². The first-order valence-corrected chi connectivity index (χ1v) is 7.53. The van der Waals surface area contributed by atoms with Crippen molar-refractivity contribution in [1.29, 1.82) is 0 Å². The molecule has 0 unspecified atom stereocenters. The second-order valence-corrected chi connectivity index (χ2v) is 6.62. The third-order valence-corrected chi connectivity index (χ3v) is 4.55. The van der Waals surface area contributed by atoms with Crippen LogP contribution >= 0.6 is 0 Å². The lowest BCUT2D eigenvalue weighted by Crippen LogP contribution is -2.26. The van der Waals surface area contributed by atoms with Crippen LogP contribution in [-0.4, -0.2) is 7.11 Å². The average molecular weight is 281 g/mol. The maximum Gasteiger partial charge on any atom is 0.120 e. The molecule has 0 saturated carbocycles. The SMILES string of the molecule is COc1ccc2c(c1)Nc1ccc(C(C)C)cc1C2(C)C. The average Bonchev–Trinajstić information content (AvgIpc) is 2.46. The zero-order chi connectivity index (χ0) is 15.2. The van der Waals surface area contributed by atoms with Gasteiger partial charge in [-0.1, -0.05) is 45.9 Å². The van der Waals surface area contributed by atoms with Crippen LogP contribution in [0.2, 0.25) is 0 Å². The lowest BCUT2D eigenvalue weighted by Gasteiger charge is -2.36. The van der Waals surface area contributed by atoms with Gasteiger partial charge in [0.15, 0.2) is 0 Å². The minimum absolute atomic E-state index is 0.00686. The summed E-state index contributed by atoms with van der Waals surface area (Å²) in [6.45, 7) is 9.07. The maximum atomic E-state index is 5.35. The summed E-state index contributed by atoms with van der Waals surface area (Å²) in [7, 11) is 1.71.